The van der Waals surface area contributed by atoms with Crippen molar-refractivity contribution in [1.29, 1.82) is 0 Å². The third kappa shape index (κ3) is 2.63. The molecule has 0 aromatic carbocycles. The molecule has 0 radical (unpaired) electrons. The van der Waals surface area contributed by atoms with E-state index in [4.69, 9.17) is 4.43 Å². The van der Waals surface area contributed by atoms with E-state index in [1.807, 2.05) is 0 Å². The number of rotatable bonds is 4. The molecule has 12 heavy (non-hydrogen) atoms. The van der Waals surface area contributed by atoms with Crippen molar-refractivity contribution in [3.8, 4) is 0 Å². The number of hydrogen-bond donors (Lipinski definition) is 0. The molecule has 0 bridgehead atoms. The lowest BCUT2D eigenvalue weighted by atomic mass is 10.6. The van der Waals surface area contributed by atoms with Crippen molar-refractivity contribution in [2.45, 2.75) is 52.2 Å². The zero-order chi connectivity index (χ0) is 9.78. The molecule has 0 saturated heterocycles. The van der Waals surface area contributed by atoms with Crippen LogP contribution in [0.25, 0.3) is 0 Å². The summed E-state index contributed by atoms with van der Waals surface area (Å²) in [6.07, 6.45) is 0. The molecule has 0 aliphatic heterocycles. The van der Waals surface area contributed by atoms with Gasteiger partial charge in [0.25, 0.3) is 14.3 Å². The van der Waals surface area contributed by atoms with Crippen LogP contribution in [0.1, 0.15) is 34.6 Å². The second kappa shape index (κ2) is 4.65. The molecule has 0 aromatic heterocycles. The Bertz CT molecular complexity index is 151. The van der Waals surface area contributed by atoms with Crippen molar-refractivity contribution < 1.29 is 9.22 Å². The summed E-state index contributed by atoms with van der Waals surface area (Å²) in [7, 11) is -1.73. The van der Waals surface area contributed by atoms with Gasteiger partial charge in [0.2, 0.25) is 0 Å². The van der Waals surface area contributed by atoms with E-state index < -0.39 is 8.32 Å². The summed E-state index contributed by atoms with van der Waals surface area (Å²) < 4.78 is 5.50. The van der Waals surface area contributed by atoms with E-state index in [1.165, 1.54) is 6.92 Å². The van der Waals surface area contributed by atoms with E-state index in [0.29, 0.717) is 5.54 Å². The van der Waals surface area contributed by atoms with Crippen molar-refractivity contribution in [2.24, 2.45) is 0 Å². The van der Waals surface area contributed by atoms with E-state index in [0.717, 1.165) is 12.1 Å². The van der Waals surface area contributed by atoms with Gasteiger partial charge < -0.3 is 4.43 Å². The average molecular weight is 188 g/mol. The number of carbonyl (C=O) groups is 1. The predicted molar refractivity (Wildman–Crippen MR) is 53.6 cm³/mol. The Hall–Kier alpha value is -0.313. The van der Waals surface area contributed by atoms with Gasteiger partial charge in [0.05, 0.1) is 0 Å². The van der Waals surface area contributed by atoms with Crippen molar-refractivity contribution in [2.75, 3.05) is 0 Å². The highest BCUT2D eigenvalue weighted by Gasteiger charge is 2.37. The lowest BCUT2D eigenvalue weighted by molar-refractivity contribution is -0.132. The van der Waals surface area contributed by atoms with Crippen LogP contribution in [0.3, 0.4) is 0 Å². The predicted octanol–water partition coefficient (Wildman–Crippen LogP) is 2.94. The highest BCUT2D eigenvalue weighted by Crippen LogP contribution is 2.29. The van der Waals surface area contributed by atoms with Crippen LogP contribution in [0.15, 0.2) is 0 Å². The van der Waals surface area contributed by atoms with E-state index in [9.17, 15) is 4.79 Å². The standard InChI is InChI=1S/C9H20O2Si/c1-6-12(7-2,8(3)4)11-9(5)10/h8H,6-7H2,1-5H3. The van der Waals surface area contributed by atoms with Crippen LogP contribution < -0.4 is 0 Å². The van der Waals surface area contributed by atoms with Crippen LogP contribution in [0.4, 0.5) is 0 Å². The van der Waals surface area contributed by atoms with Crippen LogP contribution >= 0.6 is 0 Å². The molecule has 0 aliphatic rings. The Morgan fingerprint density at radius 1 is 1.33 bits per heavy atom. The topological polar surface area (TPSA) is 26.3 Å². The first-order valence-electron chi connectivity index (χ1n) is 4.68. The van der Waals surface area contributed by atoms with E-state index in [2.05, 4.69) is 27.7 Å². The average Bonchev–Trinajstić information content (AvgIpc) is 1.99. The van der Waals surface area contributed by atoms with Gasteiger partial charge in [-0.25, -0.2) is 0 Å². The van der Waals surface area contributed by atoms with Gasteiger partial charge in [-0.2, -0.15) is 0 Å². The van der Waals surface area contributed by atoms with E-state index in [-0.39, 0.29) is 5.97 Å². The molecule has 0 unspecified atom stereocenters. The van der Waals surface area contributed by atoms with Gasteiger partial charge in [-0.3, -0.25) is 4.79 Å². The maximum absolute atomic E-state index is 10.9. The molecular weight excluding hydrogens is 168 g/mol. The van der Waals surface area contributed by atoms with Gasteiger partial charge in [-0.05, 0) is 17.6 Å². The zero-order valence-corrected chi connectivity index (χ0v) is 9.81. The van der Waals surface area contributed by atoms with Gasteiger partial charge in [0, 0.05) is 6.92 Å². The third-order valence-electron chi connectivity index (χ3n) is 2.60. The fraction of sp³-hybridized carbons (Fsp3) is 0.889. The second-order valence-electron chi connectivity index (χ2n) is 3.52. The highest BCUT2D eigenvalue weighted by atomic mass is 28.4. The van der Waals surface area contributed by atoms with Gasteiger partial charge in [-0.15, -0.1) is 0 Å². The van der Waals surface area contributed by atoms with Crippen LogP contribution in [0, 0.1) is 0 Å². The first-order valence-corrected chi connectivity index (χ1v) is 7.08. The summed E-state index contributed by atoms with van der Waals surface area (Å²) in [6.45, 7) is 10.1. The maximum Gasteiger partial charge on any atom is 0.289 e. The lowest BCUT2D eigenvalue weighted by Gasteiger charge is -2.31. The lowest BCUT2D eigenvalue weighted by Crippen LogP contribution is -2.41. The van der Waals surface area contributed by atoms with E-state index >= 15 is 0 Å². The van der Waals surface area contributed by atoms with Crippen LogP contribution in [-0.4, -0.2) is 14.3 Å². The Labute approximate surface area is 76.4 Å². The van der Waals surface area contributed by atoms with Crippen molar-refractivity contribution in [1.82, 2.24) is 0 Å². The second-order valence-corrected chi connectivity index (χ2v) is 8.42. The Morgan fingerprint density at radius 2 is 1.75 bits per heavy atom. The van der Waals surface area contributed by atoms with Crippen LogP contribution in [0.2, 0.25) is 17.6 Å². The Morgan fingerprint density at radius 3 is 1.83 bits per heavy atom. The molecule has 0 rings (SSSR count). The minimum absolute atomic E-state index is 0.112. The van der Waals surface area contributed by atoms with E-state index in [1.54, 1.807) is 0 Å². The first kappa shape index (κ1) is 11.7. The van der Waals surface area contributed by atoms with Gasteiger partial charge in [0.1, 0.15) is 0 Å². The molecular formula is C9H20O2Si. The SMILES string of the molecule is CC[Si](CC)(OC(C)=O)C(C)C. The summed E-state index contributed by atoms with van der Waals surface area (Å²) >= 11 is 0. The molecule has 0 saturated carbocycles. The fourth-order valence-electron chi connectivity index (χ4n) is 1.61. The Balaban J connectivity index is 4.46. The Kier molecular flexibility index (Phi) is 4.53. The van der Waals surface area contributed by atoms with Crippen LogP contribution in [-0.2, 0) is 9.22 Å². The van der Waals surface area contributed by atoms with Crippen molar-refractivity contribution >= 4 is 14.3 Å². The molecule has 2 nitrogen and oxygen atoms in total. The first-order chi connectivity index (χ1) is 5.48. The molecule has 72 valence electrons. The van der Waals surface area contributed by atoms with Crippen molar-refractivity contribution in [3.63, 3.8) is 0 Å². The van der Waals surface area contributed by atoms with Crippen LogP contribution in [0.5, 0.6) is 0 Å². The molecule has 0 aromatic rings. The summed E-state index contributed by atoms with van der Waals surface area (Å²) in [6, 6.07) is 2.06. The molecule has 0 amide bonds. The summed E-state index contributed by atoms with van der Waals surface area (Å²) in [4.78, 5) is 10.9. The molecule has 0 aliphatic carbocycles. The highest BCUT2D eigenvalue weighted by molar-refractivity contribution is 6.76. The fourth-order valence-corrected chi connectivity index (χ4v) is 4.84. The third-order valence-corrected chi connectivity index (χ3v) is 7.79. The minimum Gasteiger partial charge on any atom is -0.519 e. The molecule has 0 fully saturated rings. The van der Waals surface area contributed by atoms with Crippen molar-refractivity contribution in [3.05, 3.63) is 0 Å². The molecule has 0 atom stereocenters. The number of carbonyl (C=O) groups excluding carboxylic acids is 1. The van der Waals surface area contributed by atoms with Gasteiger partial charge in [-0.1, -0.05) is 27.7 Å². The smallest absolute Gasteiger partial charge is 0.289 e. The minimum atomic E-state index is -1.73. The monoisotopic (exact) mass is 188 g/mol. The summed E-state index contributed by atoms with van der Waals surface area (Å²) in [5, 5.41) is 0. The largest absolute Gasteiger partial charge is 0.519 e. The zero-order valence-electron chi connectivity index (χ0n) is 8.81. The molecule has 0 N–H and O–H groups in total. The molecule has 0 heterocycles. The van der Waals surface area contributed by atoms with Gasteiger partial charge in [0.15, 0.2) is 0 Å². The number of hydrogen-bond acceptors (Lipinski definition) is 2. The maximum atomic E-state index is 10.9. The normalized spacial score (nSPS) is 11.8. The molecule has 3 heteroatoms. The molecule has 0 spiro atoms. The quantitative estimate of drug-likeness (QED) is 0.634. The summed E-state index contributed by atoms with van der Waals surface area (Å²) in [5.41, 5.74) is 0.524. The summed E-state index contributed by atoms with van der Waals surface area (Å²) in [5.74, 6) is -0.112. The van der Waals surface area contributed by atoms with Gasteiger partial charge >= 0.3 is 0 Å².